The van der Waals surface area contributed by atoms with E-state index >= 15 is 0 Å². The van der Waals surface area contributed by atoms with Crippen molar-refractivity contribution in [2.24, 2.45) is 0 Å². The minimum atomic E-state index is -0.0379. The van der Waals surface area contributed by atoms with E-state index in [-0.39, 0.29) is 11.8 Å². The van der Waals surface area contributed by atoms with Gasteiger partial charge in [0.05, 0.1) is 0 Å². The summed E-state index contributed by atoms with van der Waals surface area (Å²) in [4.78, 5) is 28.0. The van der Waals surface area contributed by atoms with Crippen LogP contribution in [-0.2, 0) is 11.3 Å². The van der Waals surface area contributed by atoms with Gasteiger partial charge < -0.3 is 9.80 Å². The third-order valence-electron chi connectivity index (χ3n) is 4.37. The van der Waals surface area contributed by atoms with Gasteiger partial charge in [0.2, 0.25) is 5.91 Å². The van der Waals surface area contributed by atoms with Crippen molar-refractivity contribution in [1.29, 1.82) is 0 Å². The second kappa shape index (κ2) is 6.87. The lowest BCUT2D eigenvalue weighted by Crippen LogP contribution is -2.27. The highest BCUT2D eigenvalue weighted by molar-refractivity contribution is 5.99. The zero-order valence-corrected chi connectivity index (χ0v) is 14.2. The minimum absolute atomic E-state index is 0.0379. The summed E-state index contributed by atoms with van der Waals surface area (Å²) in [7, 11) is 1.80. The molecule has 0 spiro atoms. The van der Waals surface area contributed by atoms with Crippen LogP contribution in [0.4, 0.5) is 5.69 Å². The Balaban J connectivity index is 1.74. The summed E-state index contributed by atoms with van der Waals surface area (Å²) in [5.41, 5.74) is 3.73. The molecule has 0 atom stereocenters. The normalized spacial score (nSPS) is 14.1. The van der Waals surface area contributed by atoms with Crippen LogP contribution >= 0.6 is 0 Å². The van der Waals surface area contributed by atoms with Crippen molar-refractivity contribution in [2.75, 3.05) is 18.5 Å². The van der Waals surface area contributed by atoms with Crippen molar-refractivity contribution in [2.45, 2.75) is 26.3 Å². The van der Waals surface area contributed by atoms with Crippen LogP contribution in [0.25, 0.3) is 0 Å². The monoisotopic (exact) mass is 322 g/mol. The molecule has 1 heterocycles. The molecule has 1 aliphatic rings. The number of aryl methyl sites for hydroxylation is 1. The molecule has 2 aromatic rings. The molecule has 0 saturated carbocycles. The van der Waals surface area contributed by atoms with Crippen molar-refractivity contribution < 1.29 is 9.59 Å². The number of nitrogens with zero attached hydrogens (tertiary/aromatic N) is 2. The van der Waals surface area contributed by atoms with E-state index in [4.69, 9.17) is 0 Å². The fraction of sp³-hybridized carbons (Fsp3) is 0.300. The number of carbonyl (C=O) groups excluding carboxylic acids is 2. The molecule has 0 aliphatic carbocycles. The summed E-state index contributed by atoms with van der Waals surface area (Å²) in [5, 5.41) is 0. The van der Waals surface area contributed by atoms with Crippen LogP contribution in [-0.4, -0.2) is 30.3 Å². The number of carbonyl (C=O) groups is 2. The van der Waals surface area contributed by atoms with Crippen molar-refractivity contribution in [3.63, 3.8) is 0 Å². The minimum Gasteiger partial charge on any atom is -0.337 e. The Morgan fingerprint density at radius 3 is 2.58 bits per heavy atom. The Kier molecular flexibility index (Phi) is 4.65. The molecule has 0 aromatic heterocycles. The van der Waals surface area contributed by atoms with E-state index in [9.17, 15) is 9.59 Å². The summed E-state index contributed by atoms with van der Waals surface area (Å²) in [6.07, 6.45) is 1.47. The first-order valence-electron chi connectivity index (χ1n) is 8.26. The lowest BCUT2D eigenvalue weighted by Gasteiger charge is -2.20. The lowest BCUT2D eigenvalue weighted by molar-refractivity contribution is -0.117. The van der Waals surface area contributed by atoms with E-state index in [1.807, 2.05) is 49.4 Å². The van der Waals surface area contributed by atoms with Crippen molar-refractivity contribution in [3.8, 4) is 0 Å². The summed E-state index contributed by atoms with van der Waals surface area (Å²) in [5.74, 6) is 0.0941. The fourth-order valence-electron chi connectivity index (χ4n) is 2.99. The van der Waals surface area contributed by atoms with Crippen LogP contribution in [0.15, 0.2) is 48.5 Å². The number of hydrogen-bond donors (Lipinski definition) is 0. The maximum atomic E-state index is 12.7. The van der Waals surface area contributed by atoms with Crippen LogP contribution in [0.5, 0.6) is 0 Å². The molecule has 4 nitrogen and oxygen atoms in total. The van der Waals surface area contributed by atoms with E-state index in [1.54, 1.807) is 22.9 Å². The maximum absolute atomic E-state index is 12.7. The summed E-state index contributed by atoms with van der Waals surface area (Å²) < 4.78 is 0. The van der Waals surface area contributed by atoms with Gasteiger partial charge in [0.15, 0.2) is 0 Å². The van der Waals surface area contributed by atoms with Crippen molar-refractivity contribution in [1.82, 2.24) is 4.90 Å². The Labute approximate surface area is 142 Å². The summed E-state index contributed by atoms with van der Waals surface area (Å²) in [6, 6.07) is 15.5. The Bertz CT molecular complexity index is 752. The van der Waals surface area contributed by atoms with E-state index < -0.39 is 0 Å². The van der Waals surface area contributed by atoms with Gasteiger partial charge in [0.1, 0.15) is 0 Å². The summed E-state index contributed by atoms with van der Waals surface area (Å²) in [6.45, 7) is 3.34. The molecular formula is C20H22N2O2. The zero-order valence-electron chi connectivity index (χ0n) is 14.2. The number of amides is 2. The molecule has 0 unspecified atom stereocenters. The van der Waals surface area contributed by atoms with Crippen LogP contribution < -0.4 is 4.90 Å². The quantitative estimate of drug-likeness (QED) is 0.865. The molecule has 0 radical (unpaired) electrons. The van der Waals surface area contributed by atoms with E-state index in [0.717, 1.165) is 24.2 Å². The van der Waals surface area contributed by atoms with Crippen LogP contribution in [0.3, 0.4) is 0 Å². The Morgan fingerprint density at radius 2 is 1.92 bits per heavy atom. The van der Waals surface area contributed by atoms with Gasteiger partial charge in [-0.25, -0.2) is 0 Å². The molecule has 24 heavy (non-hydrogen) atoms. The molecule has 0 bridgehead atoms. The summed E-state index contributed by atoms with van der Waals surface area (Å²) >= 11 is 0. The fourth-order valence-corrected chi connectivity index (χ4v) is 2.99. The van der Waals surface area contributed by atoms with E-state index in [2.05, 4.69) is 0 Å². The first-order valence-corrected chi connectivity index (χ1v) is 8.26. The molecule has 2 amide bonds. The second-order valence-corrected chi connectivity index (χ2v) is 6.35. The average Bonchev–Trinajstić information content (AvgIpc) is 3.02. The SMILES string of the molecule is Cc1ccc(CN(C)C(=O)c2cccc(N3CCCC3=O)c2)cc1. The Hall–Kier alpha value is -2.62. The maximum Gasteiger partial charge on any atom is 0.253 e. The van der Waals surface area contributed by atoms with E-state index in [1.165, 1.54) is 5.56 Å². The average molecular weight is 322 g/mol. The number of hydrogen-bond acceptors (Lipinski definition) is 2. The van der Waals surface area contributed by atoms with Crippen LogP contribution in [0.1, 0.15) is 34.3 Å². The molecule has 1 aliphatic heterocycles. The third-order valence-corrected chi connectivity index (χ3v) is 4.37. The van der Waals surface area contributed by atoms with Gasteiger partial charge >= 0.3 is 0 Å². The highest BCUT2D eigenvalue weighted by Crippen LogP contribution is 2.23. The highest BCUT2D eigenvalue weighted by Gasteiger charge is 2.22. The molecule has 3 rings (SSSR count). The van der Waals surface area contributed by atoms with Gasteiger partial charge in [-0.2, -0.15) is 0 Å². The predicted molar refractivity (Wildman–Crippen MR) is 95.0 cm³/mol. The second-order valence-electron chi connectivity index (χ2n) is 6.35. The van der Waals surface area contributed by atoms with Gasteiger partial charge in [0.25, 0.3) is 5.91 Å². The molecule has 2 aromatic carbocycles. The van der Waals surface area contributed by atoms with Crippen LogP contribution in [0.2, 0.25) is 0 Å². The van der Waals surface area contributed by atoms with Gasteiger partial charge in [-0.05, 0) is 37.1 Å². The van der Waals surface area contributed by atoms with Gasteiger partial charge in [-0.3, -0.25) is 9.59 Å². The van der Waals surface area contributed by atoms with Crippen molar-refractivity contribution >= 4 is 17.5 Å². The standard InChI is InChI=1S/C20H22N2O2/c1-15-8-10-16(11-9-15)14-21(2)20(24)17-5-3-6-18(13-17)22-12-4-7-19(22)23/h3,5-6,8-11,13H,4,7,12,14H2,1-2H3. The molecule has 1 saturated heterocycles. The number of benzene rings is 2. The highest BCUT2D eigenvalue weighted by atomic mass is 16.2. The molecule has 4 heteroatoms. The van der Waals surface area contributed by atoms with Crippen molar-refractivity contribution in [3.05, 3.63) is 65.2 Å². The third kappa shape index (κ3) is 3.48. The van der Waals surface area contributed by atoms with Gasteiger partial charge in [-0.15, -0.1) is 0 Å². The molecule has 124 valence electrons. The van der Waals surface area contributed by atoms with Gasteiger partial charge in [0, 0.05) is 37.8 Å². The zero-order chi connectivity index (χ0) is 17.1. The molecule has 0 N–H and O–H groups in total. The number of rotatable bonds is 4. The molecular weight excluding hydrogens is 300 g/mol. The smallest absolute Gasteiger partial charge is 0.253 e. The first kappa shape index (κ1) is 16.2. The Morgan fingerprint density at radius 1 is 1.17 bits per heavy atom. The predicted octanol–water partition coefficient (Wildman–Crippen LogP) is 3.39. The largest absolute Gasteiger partial charge is 0.337 e. The number of anilines is 1. The molecule has 1 fully saturated rings. The first-order chi connectivity index (χ1) is 11.5. The van der Waals surface area contributed by atoms with Gasteiger partial charge in [-0.1, -0.05) is 35.9 Å². The topological polar surface area (TPSA) is 40.6 Å². The van der Waals surface area contributed by atoms with E-state index in [0.29, 0.717) is 18.5 Å². The lowest BCUT2D eigenvalue weighted by atomic mass is 10.1. The van der Waals surface area contributed by atoms with Crippen LogP contribution in [0, 0.1) is 6.92 Å².